The van der Waals surface area contributed by atoms with Crippen LogP contribution in [0.3, 0.4) is 0 Å². The van der Waals surface area contributed by atoms with Crippen molar-refractivity contribution >= 4 is 17.0 Å². The predicted molar refractivity (Wildman–Crippen MR) is 64.2 cm³/mol. The Morgan fingerprint density at radius 3 is 3.00 bits per heavy atom. The van der Waals surface area contributed by atoms with Crippen LogP contribution in [0.5, 0.6) is 0 Å². The first-order valence-corrected chi connectivity index (χ1v) is 5.83. The van der Waals surface area contributed by atoms with Gasteiger partial charge in [0, 0.05) is 35.6 Å². The number of nitrogen functional groups attached to an aromatic ring is 1. The molecule has 0 aromatic carbocycles. The van der Waals surface area contributed by atoms with Crippen molar-refractivity contribution in [1.29, 1.82) is 0 Å². The topological polar surface area (TPSA) is 72.0 Å². The van der Waals surface area contributed by atoms with Crippen molar-refractivity contribution in [1.82, 2.24) is 9.97 Å². The fraction of sp³-hybridized carbons (Fsp3) is 0.273. The minimum Gasteiger partial charge on any atom is -0.398 e. The van der Waals surface area contributed by atoms with Crippen LogP contribution in [0.15, 0.2) is 23.8 Å². The molecule has 2 heterocycles. The lowest BCUT2D eigenvalue weighted by Crippen LogP contribution is -2.04. The molecule has 0 aliphatic carbocycles. The highest BCUT2D eigenvalue weighted by atomic mass is 32.1. The van der Waals surface area contributed by atoms with Crippen molar-refractivity contribution < 1.29 is 5.11 Å². The van der Waals surface area contributed by atoms with Crippen LogP contribution in [0.4, 0.5) is 5.69 Å². The molecule has 0 saturated carbocycles. The Hall–Kier alpha value is -1.46. The second-order valence-electron chi connectivity index (χ2n) is 3.62. The van der Waals surface area contributed by atoms with E-state index in [1.165, 1.54) is 11.3 Å². The summed E-state index contributed by atoms with van der Waals surface area (Å²) in [7, 11) is 0. The summed E-state index contributed by atoms with van der Waals surface area (Å²) >= 11 is 1.46. The van der Waals surface area contributed by atoms with Gasteiger partial charge in [-0.2, -0.15) is 0 Å². The molecule has 0 bridgehead atoms. The van der Waals surface area contributed by atoms with Crippen LogP contribution >= 0.6 is 11.3 Å². The average Bonchev–Trinajstić information content (AvgIpc) is 2.68. The summed E-state index contributed by atoms with van der Waals surface area (Å²) in [4.78, 5) is 8.23. The highest BCUT2D eigenvalue weighted by Gasteiger charge is 2.13. The molecule has 0 spiro atoms. The molecular weight excluding hydrogens is 222 g/mol. The van der Waals surface area contributed by atoms with Gasteiger partial charge in [-0.25, -0.2) is 4.98 Å². The van der Waals surface area contributed by atoms with Crippen molar-refractivity contribution in [2.24, 2.45) is 0 Å². The van der Waals surface area contributed by atoms with Gasteiger partial charge in [0.25, 0.3) is 0 Å². The number of thiazole rings is 1. The lowest BCUT2D eigenvalue weighted by Gasteiger charge is -2.08. The minimum absolute atomic E-state index is 0.451. The third-order valence-corrected chi connectivity index (χ3v) is 3.34. The standard InChI is InChI=1S/C11H13N3OS/c1-7-6-16-11(14-7)10(15)4-8-5-13-3-2-9(8)12/h2-3,5-6,10,15H,4H2,1H3,(H2,12,13). The summed E-state index contributed by atoms with van der Waals surface area (Å²) in [6.45, 7) is 1.91. The SMILES string of the molecule is Cc1csc(C(O)Cc2cnccc2N)n1. The molecule has 5 heteroatoms. The van der Waals surface area contributed by atoms with Crippen molar-refractivity contribution in [3.05, 3.63) is 40.1 Å². The average molecular weight is 235 g/mol. The number of rotatable bonds is 3. The molecule has 0 aliphatic rings. The van der Waals surface area contributed by atoms with Gasteiger partial charge < -0.3 is 10.8 Å². The summed E-state index contributed by atoms with van der Waals surface area (Å²) in [6, 6.07) is 1.73. The Morgan fingerprint density at radius 1 is 1.56 bits per heavy atom. The number of pyridine rings is 1. The van der Waals surface area contributed by atoms with E-state index in [2.05, 4.69) is 9.97 Å². The molecule has 0 amide bonds. The molecule has 3 N–H and O–H groups in total. The number of hydrogen-bond acceptors (Lipinski definition) is 5. The lowest BCUT2D eigenvalue weighted by molar-refractivity contribution is 0.178. The van der Waals surface area contributed by atoms with Crippen LogP contribution in [0, 0.1) is 6.92 Å². The molecule has 1 unspecified atom stereocenters. The van der Waals surface area contributed by atoms with Gasteiger partial charge in [0.05, 0.1) is 0 Å². The molecule has 2 rings (SSSR count). The van der Waals surface area contributed by atoms with E-state index in [1.54, 1.807) is 18.5 Å². The molecule has 16 heavy (non-hydrogen) atoms. The van der Waals surface area contributed by atoms with E-state index >= 15 is 0 Å². The third kappa shape index (κ3) is 2.37. The number of aliphatic hydroxyl groups is 1. The summed E-state index contributed by atoms with van der Waals surface area (Å²) in [5.41, 5.74) is 8.22. The van der Waals surface area contributed by atoms with Crippen LogP contribution in [0.1, 0.15) is 22.4 Å². The van der Waals surface area contributed by atoms with Crippen LogP contribution < -0.4 is 5.73 Å². The Bertz CT molecular complexity index is 484. The number of aliphatic hydroxyl groups excluding tert-OH is 1. The number of nitrogens with zero attached hydrogens (tertiary/aromatic N) is 2. The van der Waals surface area contributed by atoms with E-state index in [4.69, 9.17) is 5.73 Å². The monoisotopic (exact) mass is 235 g/mol. The second-order valence-corrected chi connectivity index (χ2v) is 4.51. The molecule has 1 atom stereocenters. The first kappa shape index (κ1) is 11.0. The van der Waals surface area contributed by atoms with E-state index < -0.39 is 6.10 Å². The molecule has 0 aliphatic heterocycles. The molecule has 2 aromatic rings. The fourth-order valence-electron chi connectivity index (χ4n) is 1.43. The largest absolute Gasteiger partial charge is 0.398 e. The fourth-order valence-corrected chi connectivity index (χ4v) is 2.21. The van der Waals surface area contributed by atoms with Crippen molar-refractivity contribution in [3.63, 3.8) is 0 Å². The number of aromatic nitrogens is 2. The molecule has 0 saturated heterocycles. The molecular formula is C11H13N3OS. The summed E-state index contributed by atoms with van der Waals surface area (Å²) in [5.74, 6) is 0. The van der Waals surface area contributed by atoms with Crippen molar-refractivity contribution in [3.8, 4) is 0 Å². The minimum atomic E-state index is -0.606. The maximum absolute atomic E-state index is 9.98. The zero-order chi connectivity index (χ0) is 11.5. The quantitative estimate of drug-likeness (QED) is 0.849. The highest BCUT2D eigenvalue weighted by Crippen LogP contribution is 2.23. The maximum atomic E-state index is 9.98. The van der Waals surface area contributed by atoms with E-state index in [-0.39, 0.29) is 0 Å². The van der Waals surface area contributed by atoms with Crippen LogP contribution in [0.25, 0.3) is 0 Å². The normalized spacial score (nSPS) is 12.6. The number of hydrogen-bond donors (Lipinski definition) is 2. The van der Waals surface area contributed by atoms with Gasteiger partial charge in [0.15, 0.2) is 0 Å². The Balaban J connectivity index is 2.13. The molecule has 0 fully saturated rings. The van der Waals surface area contributed by atoms with Gasteiger partial charge in [-0.3, -0.25) is 4.98 Å². The van der Waals surface area contributed by atoms with Gasteiger partial charge in [0.2, 0.25) is 0 Å². The van der Waals surface area contributed by atoms with Crippen LogP contribution in [0.2, 0.25) is 0 Å². The lowest BCUT2D eigenvalue weighted by atomic mass is 10.1. The van der Waals surface area contributed by atoms with Crippen LogP contribution in [-0.2, 0) is 6.42 Å². The van der Waals surface area contributed by atoms with E-state index in [0.717, 1.165) is 16.3 Å². The zero-order valence-electron chi connectivity index (χ0n) is 8.92. The van der Waals surface area contributed by atoms with Crippen LogP contribution in [-0.4, -0.2) is 15.1 Å². The number of aryl methyl sites for hydroxylation is 1. The van der Waals surface area contributed by atoms with Gasteiger partial charge in [-0.05, 0) is 18.6 Å². The van der Waals surface area contributed by atoms with E-state index in [0.29, 0.717) is 12.1 Å². The highest BCUT2D eigenvalue weighted by molar-refractivity contribution is 7.09. The molecule has 4 nitrogen and oxygen atoms in total. The Morgan fingerprint density at radius 2 is 2.38 bits per heavy atom. The summed E-state index contributed by atoms with van der Waals surface area (Å²) < 4.78 is 0. The smallest absolute Gasteiger partial charge is 0.122 e. The number of nitrogens with two attached hydrogens (primary N) is 1. The maximum Gasteiger partial charge on any atom is 0.122 e. The predicted octanol–water partition coefficient (Wildman–Crippen LogP) is 1.70. The summed E-state index contributed by atoms with van der Waals surface area (Å²) in [6.07, 6.45) is 3.16. The summed E-state index contributed by atoms with van der Waals surface area (Å²) in [5, 5.41) is 12.6. The molecule has 2 aromatic heterocycles. The van der Waals surface area contributed by atoms with Gasteiger partial charge >= 0.3 is 0 Å². The molecule has 0 radical (unpaired) electrons. The Labute approximate surface area is 97.8 Å². The first-order valence-electron chi connectivity index (χ1n) is 4.95. The Kier molecular flexibility index (Phi) is 3.17. The first-order chi connectivity index (χ1) is 7.66. The third-order valence-electron chi connectivity index (χ3n) is 2.28. The van der Waals surface area contributed by atoms with Gasteiger partial charge in [-0.1, -0.05) is 0 Å². The zero-order valence-corrected chi connectivity index (χ0v) is 9.74. The van der Waals surface area contributed by atoms with Crippen molar-refractivity contribution in [2.45, 2.75) is 19.4 Å². The van der Waals surface area contributed by atoms with E-state index in [1.807, 2.05) is 12.3 Å². The number of anilines is 1. The van der Waals surface area contributed by atoms with E-state index in [9.17, 15) is 5.11 Å². The second kappa shape index (κ2) is 4.59. The van der Waals surface area contributed by atoms with Gasteiger partial charge in [-0.15, -0.1) is 11.3 Å². The van der Waals surface area contributed by atoms with Gasteiger partial charge in [0.1, 0.15) is 11.1 Å². The molecule has 84 valence electrons. The van der Waals surface area contributed by atoms with Crippen molar-refractivity contribution in [2.75, 3.05) is 5.73 Å².